The van der Waals surface area contributed by atoms with Crippen LogP contribution in [-0.2, 0) is 6.54 Å². The number of halogens is 1. The maximum atomic E-state index is 12.1. The average molecular weight is 373 g/mol. The third-order valence-corrected chi connectivity index (χ3v) is 4.05. The second-order valence-corrected chi connectivity index (χ2v) is 5.89. The molecule has 134 valence electrons. The van der Waals surface area contributed by atoms with Gasteiger partial charge in [-0.15, -0.1) is 0 Å². The van der Waals surface area contributed by atoms with Crippen LogP contribution in [0.2, 0.25) is 5.02 Å². The molecular formula is C18H17ClN4O3. The largest absolute Gasteiger partial charge is 0.495 e. The number of rotatable bonds is 6. The molecule has 0 aliphatic heterocycles. The molecule has 0 unspecified atom stereocenters. The first-order valence-corrected chi connectivity index (χ1v) is 8.18. The zero-order valence-electron chi connectivity index (χ0n) is 14.2. The first-order chi connectivity index (χ1) is 12.6. The Morgan fingerprint density at radius 1 is 1.31 bits per heavy atom. The van der Waals surface area contributed by atoms with E-state index in [1.54, 1.807) is 31.6 Å². The molecule has 0 aliphatic carbocycles. The number of nitrogens with one attached hydrogen (secondary N) is 2. The van der Waals surface area contributed by atoms with Crippen molar-refractivity contribution in [3.63, 3.8) is 0 Å². The Kier molecular flexibility index (Phi) is 5.38. The molecule has 3 aromatic rings. The third-order valence-electron chi connectivity index (χ3n) is 3.64. The van der Waals surface area contributed by atoms with Gasteiger partial charge in [0.2, 0.25) is 5.95 Å². The third kappa shape index (κ3) is 4.12. The number of nitrogens with zero attached hydrogens (tertiary/aromatic N) is 2. The van der Waals surface area contributed by atoms with Crippen LogP contribution in [0.1, 0.15) is 21.7 Å². The van der Waals surface area contributed by atoms with Crippen LogP contribution in [0.4, 0.5) is 11.6 Å². The van der Waals surface area contributed by atoms with Gasteiger partial charge in [0.1, 0.15) is 11.5 Å². The predicted octanol–water partition coefficient (Wildman–Crippen LogP) is 3.71. The van der Waals surface area contributed by atoms with Crippen LogP contribution in [0, 0.1) is 6.92 Å². The number of aromatic nitrogens is 2. The molecule has 2 N–H and O–H groups in total. The van der Waals surface area contributed by atoms with Crippen molar-refractivity contribution in [2.75, 3.05) is 12.4 Å². The van der Waals surface area contributed by atoms with Crippen LogP contribution in [0.25, 0.3) is 0 Å². The SMILES string of the molecule is COc1cc(Cl)c(C)cc1Nc1ncc(C(=O)NCc2ccco2)cn1. The second-order valence-electron chi connectivity index (χ2n) is 5.48. The van der Waals surface area contributed by atoms with Crippen LogP contribution in [0.15, 0.2) is 47.3 Å². The summed E-state index contributed by atoms with van der Waals surface area (Å²) in [5.74, 6) is 1.30. The van der Waals surface area contributed by atoms with Crippen LogP contribution < -0.4 is 15.4 Å². The van der Waals surface area contributed by atoms with Crippen molar-refractivity contribution >= 4 is 29.1 Å². The molecule has 0 saturated heterocycles. The summed E-state index contributed by atoms with van der Waals surface area (Å²) in [5, 5.41) is 6.40. The molecule has 1 amide bonds. The molecule has 0 bridgehead atoms. The number of carbonyl (C=O) groups excluding carboxylic acids is 1. The van der Waals surface area contributed by atoms with E-state index < -0.39 is 0 Å². The number of hydrogen-bond donors (Lipinski definition) is 2. The lowest BCUT2D eigenvalue weighted by molar-refractivity contribution is 0.0947. The minimum atomic E-state index is -0.284. The highest BCUT2D eigenvalue weighted by Gasteiger charge is 2.11. The number of methoxy groups -OCH3 is 1. The molecule has 2 aromatic heterocycles. The van der Waals surface area contributed by atoms with Gasteiger partial charge in [0.05, 0.1) is 31.2 Å². The van der Waals surface area contributed by atoms with Gasteiger partial charge >= 0.3 is 0 Å². The smallest absolute Gasteiger partial charge is 0.254 e. The Morgan fingerprint density at radius 3 is 2.73 bits per heavy atom. The van der Waals surface area contributed by atoms with Crippen molar-refractivity contribution in [1.29, 1.82) is 0 Å². The van der Waals surface area contributed by atoms with E-state index in [1.165, 1.54) is 12.4 Å². The van der Waals surface area contributed by atoms with E-state index in [0.717, 1.165) is 5.56 Å². The number of aryl methyl sites for hydroxylation is 1. The minimum Gasteiger partial charge on any atom is -0.495 e. The Bertz CT molecular complexity index is 896. The summed E-state index contributed by atoms with van der Waals surface area (Å²) in [6.07, 6.45) is 4.45. The molecule has 1 aromatic carbocycles. The van der Waals surface area contributed by atoms with Crippen LogP contribution in [0.3, 0.4) is 0 Å². The quantitative estimate of drug-likeness (QED) is 0.685. The summed E-state index contributed by atoms with van der Waals surface area (Å²) in [4.78, 5) is 20.4. The van der Waals surface area contributed by atoms with Gasteiger partial charge in [-0.2, -0.15) is 0 Å². The van der Waals surface area contributed by atoms with Gasteiger partial charge in [0.15, 0.2) is 0 Å². The van der Waals surface area contributed by atoms with Crippen LogP contribution in [-0.4, -0.2) is 23.0 Å². The van der Waals surface area contributed by atoms with Crippen molar-refractivity contribution in [2.24, 2.45) is 0 Å². The number of hydrogen-bond acceptors (Lipinski definition) is 6. The van der Waals surface area contributed by atoms with E-state index in [0.29, 0.717) is 40.3 Å². The van der Waals surface area contributed by atoms with E-state index in [2.05, 4.69) is 20.6 Å². The van der Waals surface area contributed by atoms with Gasteiger partial charge in [-0.1, -0.05) is 11.6 Å². The van der Waals surface area contributed by atoms with Gasteiger partial charge in [-0.05, 0) is 30.7 Å². The normalized spacial score (nSPS) is 10.4. The fraction of sp³-hybridized carbons (Fsp3) is 0.167. The Labute approximate surface area is 155 Å². The lowest BCUT2D eigenvalue weighted by Crippen LogP contribution is -2.23. The first-order valence-electron chi connectivity index (χ1n) is 7.80. The highest BCUT2D eigenvalue weighted by molar-refractivity contribution is 6.31. The predicted molar refractivity (Wildman–Crippen MR) is 97.9 cm³/mol. The van der Waals surface area contributed by atoms with Gasteiger partial charge in [0.25, 0.3) is 5.91 Å². The highest BCUT2D eigenvalue weighted by atomic mass is 35.5. The summed E-state index contributed by atoms with van der Waals surface area (Å²) in [6, 6.07) is 7.10. The van der Waals surface area contributed by atoms with Crippen molar-refractivity contribution in [3.8, 4) is 5.75 Å². The molecule has 0 saturated carbocycles. The number of carbonyl (C=O) groups is 1. The highest BCUT2D eigenvalue weighted by Crippen LogP contribution is 2.32. The van der Waals surface area contributed by atoms with Gasteiger partial charge in [-0.3, -0.25) is 4.79 Å². The maximum Gasteiger partial charge on any atom is 0.254 e. The molecule has 8 heteroatoms. The number of furan rings is 1. The zero-order valence-corrected chi connectivity index (χ0v) is 15.0. The number of amides is 1. The minimum absolute atomic E-state index is 0.284. The standard InChI is InChI=1S/C18H17ClN4O3/c1-11-6-15(16(25-2)7-14(11)19)23-18-21-8-12(9-22-18)17(24)20-10-13-4-3-5-26-13/h3-9H,10H2,1-2H3,(H,20,24)(H,21,22,23). The van der Waals surface area contributed by atoms with E-state index in [4.69, 9.17) is 20.8 Å². The molecule has 0 atom stereocenters. The number of benzene rings is 1. The topological polar surface area (TPSA) is 89.3 Å². The second kappa shape index (κ2) is 7.88. The Balaban J connectivity index is 1.68. The van der Waals surface area contributed by atoms with Crippen LogP contribution >= 0.6 is 11.6 Å². The monoisotopic (exact) mass is 372 g/mol. The molecule has 0 aliphatic rings. The molecule has 2 heterocycles. The van der Waals surface area contributed by atoms with Gasteiger partial charge in [0, 0.05) is 23.5 Å². The maximum absolute atomic E-state index is 12.1. The Hall–Kier alpha value is -3.06. The van der Waals surface area contributed by atoms with Crippen molar-refractivity contribution in [2.45, 2.75) is 13.5 Å². The summed E-state index contributed by atoms with van der Waals surface area (Å²) in [7, 11) is 1.56. The van der Waals surface area contributed by atoms with Crippen molar-refractivity contribution in [3.05, 3.63) is 64.8 Å². The molecule has 7 nitrogen and oxygen atoms in total. The summed E-state index contributed by atoms with van der Waals surface area (Å²) in [5.41, 5.74) is 1.93. The van der Waals surface area contributed by atoms with Crippen molar-refractivity contribution < 1.29 is 13.9 Å². The molecule has 3 rings (SSSR count). The average Bonchev–Trinajstić information content (AvgIpc) is 3.17. The fourth-order valence-electron chi connectivity index (χ4n) is 2.24. The molecule has 0 fully saturated rings. The molecule has 0 spiro atoms. The van der Waals surface area contributed by atoms with E-state index in [9.17, 15) is 4.79 Å². The van der Waals surface area contributed by atoms with Gasteiger partial charge in [-0.25, -0.2) is 9.97 Å². The van der Waals surface area contributed by atoms with E-state index >= 15 is 0 Å². The number of anilines is 2. The Morgan fingerprint density at radius 2 is 2.08 bits per heavy atom. The van der Waals surface area contributed by atoms with Gasteiger partial charge < -0.3 is 19.8 Å². The lowest BCUT2D eigenvalue weighted by atomic mass is 10.2. The summed E-state index contributed by atoms with van der Waals surface area (Å²) in [6.45, 7) is 2.19. The number of ether oxygens (including phenoxy) is 1. The summed E-state index contributed by atoms with van der Waals surface area (Å²) < 4.78 is 10.5. The molecule has 26 heavy (non-hydrogen) atoms. The zero-order chi connectivity index (χ0) is 18.5. The van der Waals surface area contributed by atoms with Crippen LogP contribution in [0.5, 0.6) is 5.75 Å². The summed E-state index contributed by atoms with van der Waals surface area (Å²) >= 11 is 6.10. The molecular weight excluding hydrogens is 356 g/mol. The van der Waals surface area contributed by atoms with E-state index in [-0.39, 0.29) is 5.91 Å². The first kappa shape index (κ1) is 17.8. The van der Waals surface area contributed by atoms with Crippen molar-refractivity contribution in [1.82, 2.24) is 15.3 Å². The lowest BCUT2D eigenvalue weighted by Gasteiger charge is -2.12. The fourth-order valence-corrected chi connectivity index (χ4v) is 2.40. The molecule has 0 radical (unpaired) electrons. The van der Waals surface area contributed by atoms with E-state index in [1.807, 2.05) is 13.0 Å².